The number of nitrogens with zero attached hydrogens (tertiary/aromatic N) is 4. The fraction of sp³-hybridized carbons (Fsp3) is 0.326. The first kappa shape index (κ1) is 36.1. The Morgan fingerprint density at radius 2 is 1.51 bits per heavy atom. The van der Waals surface area contributed by atoms with Gasteiger partial charge in [-0.1, -0.05) is 97.9 Å². The molecule has 53 heavy (non-hydrogen) atoms. The van der Waals surface area contributed by atoms with Crippen molar-refractivity contribution in [1.29, 1.82) is 0 Å². The molecule has 3 aliphatic heterocycles. The summed E-state index contributed by atoms with van der Waals surface area (Å²) in [6.45, 7) is 4.48. The van der Waals surface area contributed by atoms with Crippen molar-refractivity contribution < 1.29 is 24.6 Å². The second-order valence-corrected chi connectivity index (χ2v) is 14.2. The molecule has 1 spiro atoms. The summed E-state index contributed by atoms with van der Waals surface area (Å²) in [5, 5.41) is 25.1. The maximum Gasteiger partial charge on any atom is 0.264 e. The van der Waals surface area contributed by atoms with Crippen molar-refractivity contribution in [2.75, 3.05) is 47.6 Å². The van der Waals surface area contributed by atoms with Gasteiger partial charge in [0.2, 0.25) is 5.91 Å². The molecular weight excluding hydrogens is 667 g/mol. The molecule has 0 aliphatic carbocycles. The average Bonchev–Trinajstić information content (AvgIpc) is 3.59. The van der Waals surface area contributed by atoms with Crippen LogP contribution >= 0.6 is 0 Å². The summed E-state index contributed by atoms with van der Waals surface area (Å²) < 4.78 is 0. The van der Waals surface area contributed by atoms with Crippen molar-refractivity contribution in [3.8, 4) is 0 Å². The summed E-state index contributed by atoms with van der Waals surface area (Å²) in [4.78, 5) is 48.7. The first-order valence-electron chi connectivity index (χ1n) is 18.4. The van der Waals surface area contributed by atoms with E-state index in [4.69, 9.17) is 0 Å². The van der Waals surface area contributed by atoms with Crippen LogP contribution in [0, 0.1) is 5.92 Å². The molecule has 4 aromatic carbocycles. The number of nitrogens with one attached hydrogen (secondary N) is 1. The zero-order chi connectivity index (χ0) is 37.0. The number of para-hydroxylation sites is 2. The molecule has 274 valence electrons. The van der Waals surface area contributed by atoms with Crippen molar-refractivity contribution in [2.45, 2.75) is 50.4 Å². The number of carbonyl (C=O) groups is 3. The molecule has 3 N–H and O–H groups in total. The Labute approximate surface area is 310 Å². The Morgan fingerprint density at radius 3 is 2.21 bits per heavy atom. The van der Waals surface area contributed by atoms with Crippen LogP contribution in [-0.4, -0.2) is 71.3 Å². The molecule has 2 atom stereocenters. The minimum absolute atomic E-state index is 0.0692. The highest BCUT2D eigenvalue weighted by atomic mass is 16.3. The van der Waals surface area contributed by atoms with Gasteiger partial charge < -0.3 is 30.2 Å². The minimum Gasteiger partial charge on any atom is -0.395 e. The summed E-state index contributed by atoms with van der Waals surface area (Å²) in [5.41, 5.74) is 2.40. The number of aliphatic hydroxyl groups is 2. The molecular formula is C43H47N5O5. The number of benzene rings is 4. The lowest BCUT2D eigenvalue weighted by molar-refractivity contribution is -0.139. The van der Waals surface area contributed by atoms with E-state index in [1.54, 1.807) is 34.9 Å². The number of hydrogen-bond acceptors (Lipinski definition) is 7. The molecule has 2 saturated heterocycles. The van der Waals surface area contributed by atoms with Crippen molar-refractivity contribution >= 4 is 34.8 Å². The van der Waals surface area contributed by atoms with Crippen LogP contribution in [0.2, 0.25) is 0 Å². The quantitative estimate of drug-likeness (QED) is 0.178. The lowest BCUT2D eigenvalue weighted by Crippen LogP contribution is -2.55. The standard InChI is InChI=1S/C43H47N5O5/c1-32(11-10-18-39(50)45(27-28-49)29-33-12-4-2-5-13-33)43(53)37-16-8-9-17-38(37)46(41(43)52)30-34-19-21-35(22-20-34)47-31-48(36-14-6-3-7-15-36)42(40(47)51)23-25-44-26-24-42/h2-17,19-22,32,44,49,53H,18,23-31H2,1H3/b11-10+/t32-,43+/m1/s1. The molecule has 3 heterocycles. The zero-order valence-corrected chi connectivity index (χ0v) is 30.1. The summed E-state index contributed by atoms with van der Waals surface area (Å²) in [6.07, 6.45) is 4.96. The molecule has 4 aromatic rings. The van der Waals surface area contributed by atoms with E-state index in [2.05, 4.69) is 22.3 Å². The van der Waals surface area contributed by atoms with Crippen LogP contribution in [0.25, 0.3) is 0 Å². The Kier molecular flexibility index (Phi) is 10.5. The largest absolute Gasteiger partial charge is 0.395 e. The first-order valence-corrected chi connectivity index (χ1v) is 18.4. The fourth-order valence-electron chi connectivity index (χ4n) is 8.05. The zero-order valence-electron chi connectivity index (χ0n) is 30.1. The minimum atomic E-state index is -1.82. The molecule has 0 saturated carbocycles. The van der Waals surface area contributed by atoms with E-state index in [0.717, 1.165) is 48.4 Å². The Hall–Kier alpha value is -5.29. The fourth-order valence-corrected chi connectivity index (χ4v) is 8.05. The smallest absolute Gasteiger partial charge is 0.264 e. The van der Waals surface area contributed by atoms with Gasteiger partial charge in [-0.3, -0.25) is 19.3 Å². The summed E-state index contributed by atoms with van der Waals surface area (Å²) in [5.74, 6) is -1.12. The van der Waals surface area contributed by atoms with Gasteiger partial charge in [0.25, 0.3) is 11.8 Å². The Bertz CT molecular complexity index is 1950. The van der Waals surface area contributed by atoms with Crippen molar-refractivity contribution in [3.05, 3.63) is 138 Å². The molecule has 0 unspecified atom stereocenters. The highest BCUT2D eigenvalue weighted by Gasteiger charge is 2.54. The van der Waals surface area contributed by atoms with E-state index in [9.17, 15) is 24.6 Å². The van der Waals surface area contributed by atoms with Crippen molar-refractivity contribution in [2.24, 2.45) is 5.92 Å². The van der Waals surface area contributed by atoms with Crippen molar-refractivity contribution in [1.82, 2.24) is 10.2 Å². The molecule has 2 fully saturated rings. The molecule has 0 aromatic heterocycles. The highest BCUT2D eigenvalue weighted by molar-refractivity contribution is 6.07. The highest BCUT2D eigenvalue weighted by Crippen LogP contribution is 2.46. The second-order valence-electron chi connectivity index (χ2n) is 14.2. The number of piperidine rings is 1. The van der Waals surface area contributed by atoms with Crippen LogP contribution in [0.15, 0.2) is 121 Å². The SMILES string of the molecule is C[C@H](/C=C/CC(=O)N(CCO)Cc1ccccc1)[C@@]1(O)C(=O)N(Cc2ccc(N3CN(c4ccccc4)C4(CCNCC4)C3=O)cc2)c2ccccc21. The summed E-state index contributed by atoms with van der Waals surface area (Å²) >= 11 is 0. The number of carbonyl (C=O) groups excluding carboxylic acids is 3. The first-order chi connectivity index (χ1) is 25.8. The Balaban J connectivity index is 1.05. The number of rotatable bonds is 12. The van der Waals surface area contributed by atoms with E-state index in [-0.39, 0.29) is 37.9 Å². The topological polar surface area (TPSA) is 117 Å². The molecule has 10 heteroatoms. The van der Waals surface area contributed by atoms with Crippen LogP contribution in [0.3, 0.4) is 0 Å². The van der Waals surface area contributed by atoms with Crippen LogP contribution in [0.1, 0.15) is 42.9 Å². The van der Waals surface area contributed by atoms with Gasteiger partial charge in [0.05, 0.1) is 25.5 Å². The summed E-state index contributed by atoms with van der Waals surface area (Å²) in [6, 6.07) is 34.8. The van der Waals surface area contributed by atoms with Gasteiger partial charge in [0.1, 0.15) is 5.54 Å². The molecule has 3 aliphatic rings. The van der Waals surface area contributed by atoms with Crippen LogP contribution < -0.4 is 20.0 Å². The predicted octanol–water partition coefficient (Wildman–Crippen LogP) is 4.96. The monoisotopic (exact) mass is 713 g/mol. The van der Waals surface area contributed by atoms with Gasteiger partial charge >= 0.3 is 0 Å². The third-order valence-electron chi connectivity index (χ3n) is 11.0. The van der Waals surface area contributed by atoms with Gasteiger partial charge in [-0.25, -0.2) is 0 Å². The lowest BCUT2D eigenvalue weighted by atomic mass is 9.83. The van der Waals surface area contributed by atoms with Crippen LogP contribution in [0.4, 0.5) is 17.1 Å². The van der Waals surface area contributed by atoms with Gasteiger partial charge in [-0.2, -0.15) is 0 Å². The van der Waals surface area contributed by atoms with Gasteiger partial charge in [-0.05, 0) is 67.4 Å². The number of fused-ring (bicyclic) bond motifs is 1. The van der Waals surface area contributed by atoms with E-state index >= 15 is 0 Å². The van der Waals surface area contributed by atoms with E-state index in [1.165, 1.54) is 0 Å². The van der Waals surface area contributed by atoms with E-state index < -0.39 is 23.0 Å². The number of amides is 3. The molecule has 3 amide bonds. The third kappa shape index (κ3) is 6.85. The van der Waals surface area contributed by atoms with Gasteiger partial charge in [0, 0.05) is 42.4 Å². The van der Waals surface area contributed by atoms with Crippen molar-refractivity contribution in [3.63, 3.8) is 0 Å². The number of hydrogen-bond donors (Lipinski definition) is 3. The molecule has 0 bridgehead atoms. The van der Waals surface area contributed by atoms with E-state index in [1.807, 2.05) is 95.9 Å². The lowest BCUT2D eigenvalue weighted by Gasteiger charge is -2.39. The Morgan fingerprint density at radius 1 is 0.849 bits per heavy atom. The van der Waals surface area contributed by atoms with Crippen LogP contribution in [-0.2, 0) is 33.1 Å². The predicted molar refractivity (Wildman–Crippen MR) is 206 cm³/mol. The second kappa shape index (κ2) is 15.4. The average molecular weight is 714 g/mol. The maximum atomic E-state index is 14.2. The van der Waals surface area contributed by atoms with E-state index in [0.29, 0.717) is 24.5 Å². The summed E-state index contributed by atoms with van der Waals surface area (Å²) in [7, 11) is 0. The molecule has 10 nitrogen and oxygen atoms in total. The van der Waals surface area contributed by atoms with Crippen LogP contribution in [0.5, 0.6) is 0 Å². The number of aliphatic hydroxyl groups excluding tert-OH is 1. The normalized spacial score (nSPS) is 20.0. The van der Waals surface area contributed by atoms with Gasteiger partial charge in [-0.15, -0.1) is 0 Å². The molecule has 0 radical (unpaired) electrons. The number of anilines is 3. The molecule has 7 rings (SSSR count). The third-order valence-corrected chi connectivity index (χ3v) is 11.0. The van der Waals surface area contributed by atoms with Gasteiger partial charge in [0.15, 0.2) is 5.60 Å². The maximum absolute atomic E-state index is 14.2.